The molecule has 2 atom stereocenters. The van der Waals surface area contributed by atoms with Gasteiger partial charge < -0.3 is 9.47 Å². The van der Waals surface area contributed by atoms with Crippen molar-refractivity contribution in [1.29, 1.82) is 0 Å². The molecule has 1 aromatic carbocycles. The van der Waals surface area contributed by atoms with E-state index in [0.717, 1.165) is 32.5 Å². The molecule has 0 spiro atoms. The zero-order valence-corrected chi connectivity index (χ0v) is 16.3. The Labute approximate surface area is 168 Å². The Balaban J connectivity index is 1.30. The van der Waals surface area contributed by atoms with Gasteiger partial charge in [0.25, 0.3) is 5.56 Å². The minimum Gasteiger partial charge on any atom is -0.343 e. The molecule has 0 aliphatic carbocycles. The van der Waals surface area contributed by atoms with Crippen LogP contribution in [0.1, 0.15) is 30.7 Å². The highest BCUT2D eigenvalue weighted by molar-refractivity contribution is 5.76. The number of aryl methyl sites for hydroxylation is 1. The van der Waals surface area contributed by atoms with Crippen molar-refractivity contribution in [2.24, 2.45) is 5.92 Å². The average Bonchev–Trinajstić information content (AvgIpc) is 3.23. The molecule has 2 aliphatic heterocycles. The average molecular weight is 397 g/mol. The first-order chi connectivity index (χ1) is 14.1. The van der Waals surface area contributed by atoms with Gasteiger partial charge in [-0.15, -0.1) is 0 Å². The first-order valence-electron chi connectivity index (χ1n) is 10.2. The molecule has 0 radical (unpaired) electrons. The van der Waals surface area contributed by atoms with Gasteiger partial charge in [-0.2, -0.15) is 0 Å². The molecule has 1 amide bonds. The number of likely N-dealkylation sites (tertiary alicyclic amines) is 1. The fraction of sp³-hybridized carbons (Fsp3) is 0.476. The highest BCUT2D eigenvalue weighted by Gasteiger charge is 2.36. The van der Waals surface area contributed by atoms with Gasteiger partial charge in [-0.3, -0.25) is 25.4 Å². The van der Waals surface area contributed by atoms with E-state index in [9.17, 15) is 14.4 Å². The molecule has 2 unspecified atom stereocenters. The van der Waals surface area contributed by atoms with Crippen LogP contribution in [0.4, 0.5) is 0 Å². The first kappa shape index (κ1) is 19.6. The number of hydrogen-bond donors (Lipinski definition) is 3. The van der Waals surface area contributed by atoms with Gasteiger partial charge in [-0.1, -0.05) is 30.3 Å². The van der Waals surface area contributed by atoms with E-state index in [4.69, 9.17) is 0 Å². The van der Waals surface area contributed by atoms with E-state index in [1.807, 2.05) is 11.0 Å². The summed E-state index contributed by atoms with van der Waals surface area (Å²) in [6.45, 7) is 2.67. The SMILES string of the molecule is O=C(CCn1ccc(=O)[nH]c1=O)N1CCC(C2NNCC2c2ccccc2)CC1. The second-order valence-electron chi connectivity index (χ2n) is 7.84. The molecule has 3 N–H and O–H groups in total. The van der Waals surface area contributed by atoms with E-state index in [1.165, 1.54) is 22.4 Å². The van der Waals surface area contributed by atoms with Gasteiger partial charge in [0.2, 0.25) is 5.91 Å². The minimum atomic E-state index is -0.476. The topological polar surface area (TPSA) is 99.2 Å². The number of carbonyl (C=O) groups excluding carboxylic acids is 1. The molecular formula is C21H27N5O3. The van der Waals surface area contributed by atoms with Crippen molar-refractivity contribution < 1.29 is 4.79 Å². The molecule has 4 rings (SSSR count). The Hall–Kier alpha value is -2.71. The summed E-state index contributed by atoms with van der Waals surface area (Å²) in [7, 11) is 0. The summed E-state index contributed by atoms with van der Waals surface area (Å²) in [5.74, 6) is 1.01. The fourth-order valence-corrected chi connectivity index (χ4v) is 4.49. The smallest absolute Gasteiger partial charge is 0.328 e. The molecule has 29 heavy (non-hydrogen) atoms. The Kier molecular flexibility index (Phi) is 5.92. The number of aromatic amines is 1. The molecule has 8 heteroatoms. The maximum Gasteiger partial charge on any atom is 0.328 e. The fourth-order valence-electron chi connectivity index (χ4n) is 4.49. The molecule has 8 nitrogen and oxygen atoms in total. The highest BCUT2D eigenvalue weighted by atomic mass is 16.2. The van der Waals surface area contributed by atoms with Crippen molar-refractivity contribution in [2.45, 2.75) is 37.8 Å². The zero-order chi connectivity index (χ0) is 20.2. The van der Waals surface area contributed by atoms with Crippen molar-refractivity contribution >= 4 is 5.91 Å². The van der Waals surface area contributed by atoms with E-state index >= 15 is 0 Å². The molecule has 2 aliphatic rings. The lowest BCUT2D eigenvalue weighted by Crippen LogP contribution is -2.46. The third-order valence-electron chi connectivity index (χ3n) is 6.12. The third kappa shape index (κ3) is 4.49. The summed E-state index contributed by atoms with van der Waals surface area (Å²) in [5.41, 5.74) is 7.21. The summed E-state index contributed by atoms with van der Waals surface area (Å²) < 4.78 is 1.37. The molecule has 1 aromatic heterocycles. The molecule has 2 aromatic rings. The number of nitrogens with zero attached hydrogens (tertiary/aromatic N) is 2. The number of hydrazine groups is 1. The quantitative estimate of drug-likeness (QED) is 0.679. The van der Waals surface area contributed by atoms with Gasteiger partial charge in [0, 0.05) is 56.8 Å². The van der Waals surface area contributed by atoms with Crippen LogP contribution < -0.4 is 22.1 Å². The number of hydrogen-bond acceptors (Lipinski definition) is 5. The van der Waals surface area contributed by atoms with Crippen molar-refractivity contribution in [2.75, 3.05) is 19.6 Å². The number of benzene rings is 1. The van der Waals surface area contributed by atoms with Gasteiger partial charge in [0.15, 0.2) is 0 Å². The number of H-pyrrole nitrogens is 1. The van der Waals surface area contributed by atoms with Crippen LogP contribution >= 0.6 is 0 Å². The maximum absolute atomic E-state index is 12.6. The van der Waals surface area contributed by atoms with E-state index in [2.05, 4.69) is 40.1 Å². The number of nitrogens with one attached hydrogen (secondary N) is 3. The van der Waals surface area contributed by atoms with E-state index in [0.29, 0.717) is 17.9 Å². The summed E-state index contributed by atoms with van der Waals surface area (Å²) >= 11 is 0. The van der Waals surface area contributed by atoms with E-state index in [-0.39, 0.29) is 18.9 Å². The Morgan fingerprint density at radius 2 is 1.83 bits per heavy atom. The van der Waals surface area contributed by atoms with E-state index < -0.39 is 11.2 Å². The molecular weight excluding hydrogens is 370 g/mol. The van der Waals surface area contributed by atoms with Crippen LogP contribution in [0.2, 0.25) is 0 Å². The first-order valence-corrected chi connectivity index (χ1v) is 10.2. The monoisotopic (exact) mass is 397 g/mol. The summed E-state index contributed by atoms with van der Waals surface area (Å²) in [6, 6.07) is 12.2. The lowest BCUT2D eigenvalue weighted by atomic mass is 9.80. The van der Waals surface area contributed by atoms with Gasteiger partial charge in [0.05, 0.1) is 0 Å². The van der Waals surface area contributed by atoms with Crippen molar-refractivity contribution in [1.82, 2.24) is 25.3 Å². The summed E-state index contributed by atoms with van der Waals surface area (Å²) in [6.07, 6.45) is 3.62. The van der Waals surface area contributed by atoms with E-state index in [1.54, 1.807) is 0 Å². The second-order valence-corrected chi connectivity index (χ2v) is 7.84. The Morgan fingerprint density at radius 3 is 2.55 bits per heavy atom. The lowest BCUT2D eigenvalue weighted by Gasteiger charge is -2.36. The lowest BCUT2D eigenvalue weighted by molar-refractivity contribution is -0.133. The van der Waals surface area contributed by atoms with Crippen LogP contribution in [0, 0.1) is 5.92 Å². The van der Waals surface area contributed by atoms with Crippen LogP contribution in [-0.4, -0.2) is 46.0 Å². The molecule has 2 saturated heterocycles. The number of carbonyl (C=O) groups is 1. The predicted octanol–water partition coefficient (Wildman–Crippen LogP) is 0.426. The Morgan fingerprint density at radius 1 is 1.07 bits per heavy atom. The Bertz CT molecular complexity index is 947. The zero-order valence-electron chi connectivity index (χ0n) is 16.3. The summed E-state index contributed by atoms with van der Waals surface area (Å²) in [4.78, 5) is 39.5. The maximum atomic E-state index is 12.6. The molecule has 2 fully saturated rings. The normalized spacial score (nSPS) is 22.7. The van der Waals surface area contributed by atoms with Crippen LogP contribution in [0.25, 0.3) is 0 Å². The number of amides is 1. The molecule has 0 saturated carbocycles. The van der Waals surface area contributed by atoms with Gasteiger partial charge in [-0.25, -0.2) is 4.79 Å². The number of aromatic nitrogens is 2. The van der Waals surface area contributed by atoms with Gasteiger partial charge in [-0.05, 0) is 24.3 Å². The minimum absolute atomic E-state index is 0.0543. The molecule has 0 bridgehead atoms. The van der Waals surface area contributed by atoms with Crippen LogP contribution in [0.15, 0.2) is 52.2 Å². The van der Waals surface area contributed by atoms with Crippen molar-refractivity contribution in [3.8, 4) is 0 Å². The second kappa shape index (κ2) is 8.75. The third-order valence-corrected chi connectivity index (χ3v) is 6.12. The van der Waals surface area contributed by atoms with Crippen LogP contribution in [-0.2, 0) is 11.3 Å². The number of piperidine rings is 1. The van der Waals surface area contributed by atoms with Gasteiger partial charge in [0.1, 0.15) is 0 Å². The number of rotatable bonds is 5. The largest absolute Gasteiger partial charge is 0.343 e. The summed E-state index contributed by atoms with van der Waals surface area (Å²) in [5, 5.41) is 0. The van der Waals surface area contributed by atoms with Crippen LogP contribution in [0.3, 0.4) is 0 Å². The molecule has 3 heterocycles. The van der Waals surface area contributed by atoms with Crippen molar-refractivity contribution in [3.05, 3.63) is 69.0 Å². The standard InChI is InChI=1S/C21H27N5O3/c27-18-8-12-26(21(29)23-18)13-9-19(28)25-10-6-16(7-11-25)20-17(14-22-24-20)15-4-2-1-3-5-15/h1-5,8,12,16-17,20,22,24H,6-7,9-11,13-14H2,(H,23,27,29). The molecule has 154 valence electrons. The van der Waals surface area contributed by atoms with Crippen LogP contribution in [0.5, 0.6) is 0 Å². The van der Waals surface area contributed by atoms with Gasteiger partial charge >= 0.3 is 5.69 Å². The van der Waals surface area contributed by atoms with Crippen molar-refractivity contribution in [3.63, 3.8) is 0 Å². The predicted molar refractivity (Wildman–Crippen MR) is 109 cm³/mol. The highest BCUT2D eigenvalue weighted by Crippen LogP contribution is 2.32.